The van der Waals surface area contributed by atoms with Crippen molar-refractivity contribution in [2.75, 3.05) is 34.5 Å². The van der Waals surface area contributed by atoms with Crippen LogP contribution >= 0.6 is 0 Å². The number of hydrazine groups is 1. The summed E-state index contributed by atoms with van der Waals surface area (Å²) in [7, 11) is 0.199. The summed E-state index contributed by atoms with van der Waals surface area (Å²) in [6.07, 6.45) is 0. The van der Waals surface area contributed by atoms with Crippen molar-refractivity contribution in [1.29, 1.82) is 0 Å². The third kappa shape index (κ3) is 4.30. The minimum Gasteiger partial charge on any atom is -0.493 e. The quantitative estimate of drug-likeness (QED) is 0.634. The third-order valence-corrected chi connectivity index (χ3v) is 5.30. The number of carbonyl (C=O) groups excluding carboxylic acids is 1. The van der Waals surface area contributed by atoms with Crippen LogP contribution in [0, 0.1) is 0 Å². The van der Waals surface area contributed by atoms with Gasteiger partial charge in [-0.1, -0.05) is 0 Å². The molecule has 10 nitrogen and oxygen atoms in total. The van der Waals surface area contributed by atoms with Crippen LogP contribution in [0.4, 0.5) is 0 Å². The van der Waals surface area contributed by atoms with Crippen LogP contribution in [0.3, 0.4) is 0 Å². The predicted octanol–water partition coefficient (Wildman–Crippen LogP) is 1.11. The highest BCUT2D eigenvalue weighted by molar-refractivity contribution is 7.89. The third-order valence-electron chi connectivity index (χ3n) is 4.05. The number of carbonyl (C=O) groups is 1. The van der Waals surface area contributed by atoms with Gasteiger partial charge in [-0.3, -0.25) is 10.2 Å². The fourth-order valence-electron chi connectivity index (χ4n) is 2.65. The number of ether oxygens (including phenoxy) is 5. The normalized spacial score (nSPS) is 12.8. The number of sulfonamides is 1. The number of fused-ring (bicyclic) bond motifs is 1. The van der Waals surface area contributed by atoms with Crippen molar-refractivity contribution in [3.05, 3.63) is 35.9 Å². The van der Waals surface area contributed by atoms with Gasteiger partial charge in [0.15, 0.2) is 23.0 Å². The molecule has 2 N–H and O–H groups in total. The second-order valence-corrected chi connectivity index (χ2v) is 7.46. The van der Waals surface area contributed by atoms with Crippen molar-refractivity contribution in [3.8, 4) is 28.7 Å². The van der Waals surface area contributed by atoms with E-state index in [9.17, 15) is 13.2 Å². The smallest absolute Gasteiger partial charge is 0.266 e. The summed E-state index contributed by atoms with van der Waals surface area (Å²) in [4.78, 5) is 14.4. The summed E-state index contributed by atoms with van der Waals surface area (Å²) in [5.74, 6) is 0.874. The molecule has 0 bridgehead atoms. The minimum absolute atomic E-state index is 0.0908. The van der Waals surface area contributed by atoms with E-state index in [0.29, 0.717) is 30.5 Å². The van der Waals surface area contributed by atoms with Crippen LogP contribution in [0.5, 0.6) is 28.7 Å². The lowest BCUT2D eigenvalue weighted by molar-refractivity contribution is 0.0944. The first-order valence-corrected chi connectivity index (χ1v) is 9.89. The number of nitrogens with one attached hydrogen (secondary N) is 2. The van der Waals surface area contributed by atoms with Crippen molar-refractivity contribution >= 4 is 15.9 Å². The summed E-state index contributed by atoms with van der Waals surface area (Å²) in [6.45, 7) is 0.712. The molecule has 0 radical (unpaired) electrons. The lowest BCUT2D eigenvalue weighted by atomic mass is 10.1. The standard InChI is InChI=1S/C18H20N2O8S/c1-24-15-8-11(9-16(25-2)17(15)26-3)18(21)19-20-29(22,23)12-4-5-13-14(10-12)28-7-6-27-13/h4-5,8-10,20H,6-7H2,1-3H3,(H,19,21). The van der Waals surface area contributed by atoms with E-state index in [1.165, 1.54) is 51.7 Å². The number of amides is 1. The zero-order valence-electron chi connectivity index (χ0n) is 16.0. The van der Waals surface area contributed by atoms with Gasteiger partial charge in [-0.15, -0.1) is 4.83 Å². The molecule has 0 spiro atoms. The van der Waals surface area contributed by atoms with E-state index in [2.05, 4.69) is 5.43 Å². The molecular weight excluding hydrogens is 404 g/mol. The van der Waals surface area contributed by atoms with Gasteiger partial charge in [0.2, 0.25) is 5.75 Å². The Labute approximate surface area is 167 Å². The number of hydrogen-bond acceptors (Lipinski definition) is 8. The largest absolute Gasteiger partial charge is 0.493 e. The fraction of sp³-hybridized carbons (Fsp3) is 0.278. The Kier molecular flexibility index (Phi) is 5.99. The van der Waals surface area contributed by atoms with Crippen LogP contribution in [0.25, 0.3) is 0 Å². The topological polar surface area (TPSA) is 121 Å². The van der Waals surface area contributed by atoms with Gasteiger partial charge in [-0.2, -0.15) is 0 Å². The van der Waals surface area contributed by atoms with Crippen molar-refractivity contribution in [1.82, 2.24) is 10.3 Å². The first-order valence-electron chi connectivity index (χ1n) is 8.41. The van der Waals surface area contributed by atoms with Gasteiger partial charge in [0.05, 0.1) is 26.2 Å². The highest BCUT2D eigenvalue weighted by Gasteiger charge is 2.22. The molecule has 29 heavy (non-hydrogen) atoms. The van der Waals surface area contributed by atoms with Gasteiger partial charge in [0, 0.05) is 11.6 Å². The van der Waals surface area contributed by atoms with Crippen molar-refractivity contribution in [3.63, 3.8) is 0 Å². The molecule has 1 amide bonds. The maximum Gasteiger partial charge on any atom is 0.266 e. The highest BCUT2D eigenvalue weighted by Crippen LogP contribution is 2.38. The van der Waals surface area contributed by atoms with Crippen molar-refractivity contribution in [2.45, 2.75) is 4.90 Å². The van der Waals surface area contributed by atoms with Crippen LogP contribution < -0.4 is 33.9 Å². The summed E-state index contributed by atoms with van der Waals surface area (Å²) in [5.41, 5.74) is 2.26. The van der Waals surface area contributed by atoms with Crippen LogP contribution in [-0.4, -0.2) is 48.9 Å². The summed E-state index contributed by atoms with van der Waals surface area (Å²) in [6, 6.07) is 6.96. The molecule has 0 saturated carbocycles. The molecule has 1 heterocycles. The second kappa shape index (κ2) is 8.45. The molecule has 0 fully saturated rings. The van der Waals surface area contributed by atoms with Crippen LogP contribution in [-0.2, 0) is 10.0 Å². The summed E-state index contributed by atoms with van der Waals surface area (Å²) in [5, 5.41) is 0. The van der Waals surface area contributed by atoms with Gasteiger partial charge in [0.1, 0.15) is 13.2 Å². The van der Waals surface area contributed by atoms with Crippen LogP contribution in [0.1, 0.15) is 10.4 Å². The molecule has 0 atom stereocenters. The Hall–Kier alpha value is -3.18. The number of methoxy groups -OCH3 is 3. The minimum atomic E-state index is -4.05. The van der Waals surface area contributed by atoms with E-state index in [1.807, 2.05) is 4.83 Å². The lowest BCUT2D eigenvalue weighted by Crippen LogP contribution is -2.41. The molecule has 2 aromatic carbocycles. The Balaban J connectivity index is 1.78. The molecule has 3 rings (SSSR count). The van der Waals surface area contributed by atoms with E-state index in [1.54, 1.807) is 0 Å². The van der Waals surface area contributed by atoms with E-state index in [0.717, 1.165) is 0 Å². The molecule has 0 aliphatic carbocycles. The fourth-order valence-corrected chi connectivity index (χ4v) is 3.50. The van der Waals surface area contributed by atoms with Gasteiger partial charge in [-0.05, 0) is 24.3 Å². The van der Waals surface area contributed by atoms with Crippen molar-refractivity contribution < 1.29 is 36.9 Å². The molecule has 1 aliphatic heterocycles. The average molecular weight is 424 g/mol. The molecule has 0 aromatic heterocycles. The molecule has 156 valence electrons. The molecular formula is C18H20N2O8S. The average Bonchev–Trinajstić information content (AvgIpc) is 2.75. The molecule has 2 aromatic rings. The predicted molar refractivity (Wildman–Crippen MR) is 101 cm³/mol. The molecule has 11 heteroatoms. The maximum absolute atomic E-state index is 12.5. The van der Waals surface area contributed by atoms with Gasteiger partial charge >= 0.3 is 0 Å². The van der Waals surface area contributed by atoms with E-state index in [4.69, 9.17) is 23.7 Å². The monoisotopic (exact) mass is 424 g/mol. The Morgan fingerprint density at radius 2 is 1.55 bits per heavy atom. The number of hydrogen-bond donors (Lipinski definition) is 2. The molecule has 0 saturated heterocycles. The maximum atomic E-state index is 12.5. The number of rotatable bonds is 7. The SMILES string of the molecule is COc1cc(C(=O)NNS(=O)(=O)c2ccc3c(c2)OCCO3)cc(OC)c1OC. The Morgan fingerprint density at radius 3 is 2.14 bits per heavy atom. The molecule has 1 aliphatic rings. The van der Waals surface area contributed by atoms with E-state index in [-0.39, 0.29) is 22.0 Å². The summed E-state index contributed by atoms with van der Waals surface area (Å²) >= 11 is 0. The van der Waals surface area contributed by atoms with Gasteiger partial charge in [-0.25, -0.2) is 8.42 Å². The van der Waals surface area contributed by atoms with Gasteiger partial charge < -0.3 is 23.7 Å². The van der Waals surface area contributed by atoms with Crippen LogP contribution in [0.15, 0.2) is 35.2 Å². The Morgan fingerprint density at radius 1 is 0.931 bits per heavy atom. The van der Waals surface area contributed by atoms with Crippen LogP contribution in [0.2, 0.25) is 0 Å². The zero-order valence-corrected chi connectivity index (χ0v) is 16.8. The first-order chi connectivity index (χ1) is 13.9. The van der Waals surface area contributed by atoms with E-state index < -0.39 is 15.9 Å². The summed E-state index contributed by atoms with van der Waals surface area (Å²) < 4.78 is 51.3. The van der Waals surface area contributed by atoms with E-state index >= 15 is 0 Å². The van der Waals surface area contributed by atoms with Crippen molar-refractivity contribution in [2.24, 2.45) is 0 Å². The zero-order chi connectivity index (χ0) is 21.0. The number of benzene rings is 2. The van der Waals surface area contributed by atoms with Gasteiger partial charge in [0.25, 0.3) is 15.9 Å². The highest BCUT2D eigenvalue weighted by atomic mass is 32.2. The first kappa shape index (κ1) is 20.6. The molecule has 0 unspecified atom stereocenters. The Bertz CT molecular complexity index is 998. The lowest BCUT2D eigenvalue weighted by Gasteiger charge is -2.19. The second-order valence-electron chi connectivity index (χ2n) is 5.78.